The van der Waals surface area contributed by atoms with Crippen LogP contribution in [-0.2, 0) is 4.74 Å². The average Bonchev–Trinajstić information content (AvgIpc) is 2.38. The Morgan fingerprint density at radius 1 is 1.59 bits per heavy atom. The van der Waals surface area contributed by atoms with Gasteiger partial charge in [-0.1, -0.05) is 0 Å². The monoisotopic (exact) mass is 296 g/mol. The summed E-state index contributed by atoms with van der Waals surface area (Å²) >= 11 is 3.31. The smallest absolute Gasteiger partial charge is 0.111 e. The number of aromatic nitrogens is 1. The molecular formula is C12H13BrN2O2. The highest BCUT2D eigenvalue weighted by atomic mass is 79.9. The lowest BCUT2D eigenvalue weighted by atomic mass is 9.76. The third-order valence-electron chi connectivity index (χ3n) is 3.06. The van der Waals surface area contributed by atoms with Crippen molar-refractivity contribution in [1.29, 1.82) is 5.26 Å². The Bertz CT molecular complexity index is 438. The minimum Gasteiger partial charge on any atom is -0.387 e. The average molecular weight is 297 g/mol. The number of nitrogens with zero attached hydrogens (tertiary/aromatic N) is 2. The summed E-state index contributed by atoms with van der Waals surface area (Å²) in [6.45, 7) is 0.935. The van der Waals surface area contributed by atoms with Crippen LogP contribution in [0.25, 0.3) is 0 Å². The predicted molar refractivity (Wildman–Crippen MR) is 65.0 cm³/mol. The lowest BCUT2D eigenvalue weighted by Gasteiger charge is -2.34. The molecule has 17 heavy (non-hydrogen) atoms. The maximum atomic E-state index is 10.4. The second-order valence-corrected chi connectivity index (χ2v) is 5.18. The number of hydrogen-bond donors (Lipinski definition) is 1. The van der Waals surface area contributed by atoms with Crippen LogP contribution in [0.15, 0.2) is 22.9 Å². The summed E-state index contributed by atoms with van der Waals surface area (Å²) < 4.78 is 6.13. The first-order valence-electron chi connectivity index (χ1n) is 5.45. The fraction of sp³-hybridized carbons (Fsp3) is 0.500. The zero-order chi connectivity index (χ0) is 12.3. The van der Waals surface area contributed by atoms with Gasteiger partial charge in [-0.25, -0.2) is 0 Å². The zero-order valence-corrected chi connectivity index (χ0v) is 10.9. The van der Waals surface area contributed by atoms with Gasteiger partial charge in [0.15, 0.2) is 0 Å². The van der Waals surface area contributed by atoms with Gasteiger partial charge in [0, 0.05) is 29.0 Å². The highest BCUT2D eigenvalue weighted by Crippen LogP contribution is 2.40. The molecule has 0 bridgehead atoms. The van der Waals surface area contributed by atoms with E-state index in [0.717, 1.165) is 10.9 Å². The second kappa shape index (κ2) is 5.13. The molecule has 0 amide bonds. The summed E-state index contributed by atoms with van der Waals surface area (Å²) in [6, 6.07) is 4.00. The van der Waals surface area contributed by atoms with Gasteiger partial charge in [-0.3, -0.25) is 4.98 Å². The highest BCUT2D eigenvalue weighted by molar-refractivity contribution is 9.10. The van der Waals surface area contributed by atoms with E-state index in [-0.39, 0.29) is 6.61 Å². The van der Waals surface area contributed by atoms with E-state index in [1.807, 2.05) is 0 Å². The maximum absolute atomic E-state index is 10.4. The van der Waals surface area contributed by atoms with Gasteiger partial charge in [0.2, 0.25) is 0 Å². The molecule has 1 aliphatic heterocycles. The topological polar surface area (TPSA) is 66.1 Å². The second-order valence-electron chi connectivity index (χ2n) is 4.26. The molecule has 0 saturated carbocycles. The van der Waals surface area contributed by atoms with Gasteiger partial charge < -0.3 is 9.84 Å². The van der Waals surface area contributed by atoms with E-state index in [0.29, 0.717) is 18.6 Å². The summed E-state index contributed by atoms with van der Waals surface area (Å²) in [6.07, 6.45) is 3.82. The van der Waals surface area contributed by atoms with Crippen molar-refractivity contribution in [1.82, 2.24) is 4.98 Å². The molecule has 5 heteroatoms. The van der Waals surface area contributed by atoms with Crippen molar-refractivity contribution in [3.8, 4) is 6.07 Å². The molecule has 2 heterocycles. The summed E-state index contributed by atoms with van der Waals surface area (Å²) in [5.74, 6) is 0. The molecule has 1 aliphatic rings. The first-order valence-corrected chi connectivity index (χ1v) is 6.25. The van der Waals surface area contributed by atoms with E-state index < -0.39 is 11.5 Å². The lowest BCUT2D eigenvalue weighted by Crippen LogP contribution is -2.36. The Hall–Kier alpha value is -0.960. The van der Waals surface area contributed by atoms with Crippen LogP contribution in [0.5, 0.6) is 0 Å². The first-order chi connectivity index (χ1) is 8.18. The van der Waals surface area contributed by atoms with Crippen molar-refractivity contribution in [2.45, 2.75) is 18.9 Å². The van der Waals surface area contributed by atoms with E-state index in [1.165, 1.54) is 0 Å². The molecule has 0 radical (unpaired) electrons. The van der Waals surface area contributed by atoms with Crippen molar-refractivity contribution in [2.24, 2.45) is 5.41 Å². The molecule has 1 N–H and O–H groups in total. The SMILES string of the molecule is N#CC1(C(O)c2cncc(Br)c2)CCCOC1. The Balaban J connectivity index is 2.29. The summed E-state index contributed by atoms with van der Waals surface area (Å²) in [5, 5.41) is 19.7. The molecule has 0 spiro atoms. The zero-order valence-electron chi connectivity index (χ0n) is 9.27. The minimum atomic E-state index is -0.863. The molecule has 90 valence electrons. The van der Waals surface area contributed by atoms with Gasteiger partial charge in [0.05, 0.1) is 12.7 Å². The van der Waals surface area contributed by atoms with Crippen LogP contribution in [0.2, 0.25) is 0 Å². The van der Waals surface area contributed by atoms with E-state index in [9.17, 15) is 10.4 Å². The normalized spacial score (nSPS) is 26.2. The largest absolute Gasteiger partial charge is 0.387 e. The molecule has 1 aromatic heterocycles. The third kappa shape index (κ3) is 2.49. The van der Waals surface area contributed by atoms with Gasteiger partial charge in [-0.15, -0.1) is 0 Å². The number of ether oxygens (including phenoxy) is 1. The van der Waals surface area contributed by atoms with Crippen molar-refractivity contribution in [2.75, 3.05) is 13.2 Å². The van der Waals surface area contributed by atoms with Crippen LogP contribution < -0.4 is 0 Å². The number of aliphatic hydroxyl groups is 1. The number of nitriles is 1. The van der Waals surface area contributed by atoms with Crippen molar-refractivity contribution in [3.05, 3.63) is 28.5 Å². The Kier molecular flexibility index (Phi) is 3.77. The molecule has 1 fully saturated rings. The van der Waals surface area contributed by atoms with Crippen LogP contribution in [0, 0.1) is 16.7 Å². The lowest BCUT2D eigenvalue weighted by molar-refractivity contribution is -0.0507. The van der Waals surface area contributed by atoms with Gasteiger partial charge in [-0.2, -0.15) is 5.26 Å². The van der Waals surface area contributed by atoms with Crippen LogP contribution >= 0.6 is 15.9 Å². The third-order valence-corrected chi connectivity index (χ3v) is 3.49. The fourth-order valence-electron chi connectivity index (χ4n) is 2.08. The van der Waals surface area contributed by atoms with Gasteiger partial charge >= 0.3 is 0 Å². The molecule has 2 unspecified atom stereocenters. The van der Waals surface area contributed by atoms with Crippen molar-refractivity contribution in [3.63, 3.8) is 0 Å². The van der Waals surface area contributed by atoms with E-state index in [1.54, 1.807) is 18.5 Å². The summed E-state index contributed by atoms with van der Waals surface area (Å²) in [7, 11) is 0. The number of rotatable bonds is 2. The summed E-state index contributed by atoms with van der Waals surface area (Å²) in [5.41, 5.74) is -0.202. The number of halogens is 1. The van der Waals surface area contributed by atoms with Crippen LogP contribution in [0.3, 0.4) is 0 Å². The molecule has 1 saturated heterocycles. The molecule has 4 nitrogen and oxygen atoms in total. The summed E-state index contributed by atoms with van der Waals surface area (Å²) in [4.78, 5) is 4.01. The number of hydrogen-bond acceptors (Lipinski definition) is 4. The van der Waals surface area contributed by atoms with Gasteiger partial charge in [0.1, 0.15) is 11.5 Å². The molecular weight excluding hydrogens is 284 g/mol. The van der Waals surface area contributed by atoms with E-state index >= 15 is 0 Å². The molecule has 0 aliphatic carbocycles. The molecule has 0 aromatic carbocycles. The first kappa shape index (κ1) is 12.5. The van der Waals surface area contributed by atoms with Crippen LogP contribution in [0.4, 0.5) is 0 Å². The highest BCUT2D eigenvalue weighted by Gasteiger charge is 2.41. The molecule has 2 atom stereocenters. The Morgan fingerprint density at radius 2 is 2.41 bits per heavy atom. The number of aliphatic hydroxyl groups excluding tert-OH is 1. The number of pyridine rings is 1. The van der Waals surface area contributed by atoms with E-state index in [2.05, 4.69) is 27.0 Å². The standard InChI is InChI=1S/C12H13BrN2O2/c13-10-4-9(5-15-6-10)11(16)12(7-14)2-1-3-17-8-12/h4-6,11,16H,1-3,8H2. The van der Waals surface area contributed by atoms with Gasteiger partial charge in [-0.05, 0) is 34.8 Å². The van der Waals surface area contributed by atoms with Crippen LogP contribution in [-0.4, -0.2) is 23.3 Å². The van der Waals surface area contributed by atoms with Gasteiger partial charge in [0.25, 0.3) is 0 Å². The maximum Gasteiger partial charge on any atom is 0.111 e. The molecule has 1 aromatic rings. The molecule has 2 rings (SSSR count). The Morgan fingerprint density at radius 3 is 3.00 bits per heavy atom. The Labute approximate surface area is 108 Å². The van der Waals surface area contributed by atoms with Crippen molar-refractivity contribution >= 4 is 15.9 Å². The van der Waals surface area contributed by atoms with Crippen molar-refractivity contribution < 1.29 is 9.84 Å². The minimum absolute atomic E-state index is 0.275. The predicted octanol–water partition coefficient (Wildman–Crippen LogP) is 2.20. The quantitative estimate of drug-likeness (QED) is 0.908. The fourth-order valence-corrected chi connectivity index (χ4v) is 2.46. The van der Waals surface area contributed by atoms with Crippen LogP contribution in [0.1, 0.15) is 24.5 Å². The van der Waals surface area contributed by atoms with E-state index in [4.69, 9.17) is 4.74 Å².